The number of carbonyl (C=O) groups is 1. The normalized spacial score (nSPS) is 18.6. The first kappa shape index (κ1) is 36.2. The van der Waals surface area contributed by atoms with E-state index in [1.54, 1.807) is 13.1 Å². The number of aryl methyl sites for hydroxylation is 1. The van der Waals surface area contributed by atoms with Crippen LogP contribution in [0.3, 0.4) is 0 Å². The van der Waals surface area contributed by atoms with Crippen LogP contribution in [-0.4, -0.2) is 41.2 Å². The molecule has 1 amide bonds. The van der Waals surface area contributed by atoms with E-state index in [9.17, 15) is 31.9 Å². The number of amides is 1. The minimum Gasteiger partial charge on any atom is -0.382 e. The molecule has 4 atom stereocenters. The van der Waals surface area contributed by atoms with Crippen LogP contribution >= 0.6 is 11.6 Å². The highest BCUT2D eigenvalue weighted by Gasteiger charge is 2.69. The van der Waals surface area contributed by atoms with Gasteiger partial charge in [-0.2, -0.15) is 32.1 Å². The van der Waals surface area contributed by atoms with E-state index < -0.39 is 82.4 Å². The van der Waals surface area contributed by atoms with Gasteiger partial charge in [0, 0.05) is 41.6 Å². The van der Waals surface area contributed by atoms with Gasteiger partial charge in [-0.3, -0.25) is 9.48 Å². The average Bonchev–Trinajstić information content (AvgIpc) is 3.57. The summed E-state index contributed by atoms with van der Waals surface area (Å²) in [6.45, 7) is 2.80. The number of carbonyl (C=O) groups excluding carboxylic acids is 1. The number of aliphatic hydroxyl groups is 1. The van der Waals surface area contributed by atoms with E-state index in [0.717, 1.165) is 12.1 Å². The number of aromatic nitrogens is 5. The summed E-state index contributed by atoms with van der Waals surface area (Å²) in [5.41, 5.74) is 7.75. The highest BCUT2D eigenvalue weighted by Crippen LogP contribution is 2.69. The zero-order chi connectivity index (χ0) is 38.5. The lowest BCUT2D eigenvalue weighted by Crippen LogP contribution is -2.37. The van der Waals surface area contributed by atoms with E-state index in [-0.39, 0.29) is 39.8 Å². The number of rotatable bonds is 7. The van der Waals surface area contributed by atoms with Crippen LogP contribution in [0.4, 0.5) is 36.6 Å². The van der Waals surface area contributed by atoms with E-state index in [1.165, 1.54) is 36.7 Å². The lowest BCUT2D eigenvalue weighted by Gasteiger charge is -2.29. The van der Waals surface area contributed by atoms with Crippen LogP contribution in [0.25, 0.3) is 22.0 Å². The molecule has 3 aromatic heterocycles. The number of nitrogens with two attached hydrogens (primary N) is 2. The van der Waals surface area contributed by atoms with Gasteiger partial charge in [0.25, 0.3) is 5.92 Å². The van der Waals surface area contributed by atoms with Gasteiger partial charge in [0.05, 0.1) is 21.6 Å². The summed E-state index contributed by atoms with van der Waals surface area (Å²) in [4.78, 5) is 18.3. The number of primary amides is 1. The Labute approximate surface area is 301 Å². The fraction of sp³-hybridized carbons (Fsp3) is 0.333. The lowest BCUT2D eigenvalue weighted by atomic mass is 9.84. The number of fused-ring (bicyclic) bond motifs is 4. The van der Waals surface area contributed by atoms with Gasteiger partial charge in [0.1, 0.15) is 34.7 Å². The molecule has 17 heteroatoms. The van der Waals surface area contributed by atoms with Gasteiger partial charge in [0.2, 0.25) is 5.91 Å². The third-order valence-corrected chi connectivity index (χ3v) is 9.81. The molecule has 7 rings (SSSR count). The number of hydrogen-bond acceptors (Lipinski definition) is 6. The third-order valence-electron chi connectivity index (χ3n) is 9.50. The van der Waals surface area contributed by atoms with Gasteiger partial charge in [-0.1, -0.05) is 23.6 Å². The zero-order valence-corrected chi connectivity index (χ0v) is 28.8. The van der Waals surface area contributed by atoms with Crippen molar-refractivity contribution >= 4 is 34.2 Å². The van der Waals surface area contributed by atoms with Crippen LogP contribution < -0.4 is 11.5 Å². The van der Waals surface area contributed by atoms with Crippen molar-refractivity contribution in [3.8, 4) is 23.0 Å². The SMILES string of the molecule is Cn1nc(N)c2c(Cl)ccc(-c3ccc(C#CC(C)(C)O)nc3[C@@H](Cc3cc(F)cc(F)c3)C(C(N)=O)n3nc(C(F)(F)F)c4c3C(F)(F)[C@@H]3C[C@H]43)c21. The molecule has 1 unspecified atom stereocenters. The molecule has 0 saturated heterocycles. The maximum atomic E-state index is 16.0. The predicted molar refractivity (Wildman–Crippen MR) is 180 cm³/mol. The summed E-state index contributed by atoms with van der Waals surface area (Å²) < 4.78 is 106. The predicted octanol–water partition coefficient (Wildman–Crippen LogP) is 6.75. The largest absolute Gasteiger partial charge is 0.435 e. The van der Waals surface area contributed by atoms with E-state index >= 15 is 8.78 Å². The van der Waals surface area contributed by atoms with Gasteiger partial charge >= 0.3 is 6.18 Å². The van der Waals surface area contributed by atoms with Crippen LogP contribution in [-0.2, 0) is 30.4 Å². The van der Waals surface area contributed by atoms with Gasteiger partial charge < -0.3 is 16.6 Å². The van der Waals surface area contributed by atoms with Crippen LogP contribution in [0.15, 0.2) is 42.5 Å². The molecule has 0 radical (unpaired) electrons. The monoisotopic (exact) mass is 759 g/mol. The minimum absolute atomic E-state index is 0.0208. The molecule has 5 aromatic rings. The molecule has 1 saturated carbocycles. The Balaban J connectivity index is 1.56. The first-order valence-electron chi connectivity index (χ1n) is 16.2. The number of anilines is 1. The maximum absolute atomic E-state index is 16.0. The van der Waals surface area contributed by atoms with E-state index in [4.69, 9.17) is 23.1 Å². The van der Waals surface area contributed by atoms with Crippen LogP contribution in [0.5, 0.6) is 0 Å². The summed E-state index contributed by atoms with van der Waals surface area (Å²) in [7, 11) is 1.56. The molecule has 1 fully saturated rings. The number of nitrogen functional groups attached to an aromatic ring is 1. The Kier molecular flexibility index (Phi) is 8.34. The Bertz CT molecular complexity index is 2380. The summed E-state index contributed by atoms with van der Waals surface area (Å²) in [5.74, 6) is -6.13. The first-order valence-corrected chi connectivity index (χ1v) is 16.5. The smallest absolute Gasteiger partial charge is 0.382 e. The van der Waals surface area contributed by atoms with Crippen molar-refractivity contribution in [2.75, 3.05) is 5.73 Å². The second-order valence-electron chi connectivity index (χ2n) is 13.8. The molecule has 0 bridgehead atoms. The Morgan fingerprint density at radius 1 is 1.09 bits per heavy atom. The fourth-order valence-corrected chi connectivity index (χ4v) is 7.61. The number of hydrogen-bond donors (Lipinski definition) is 3. The van der Waals surface area contributed by atoms with Crippen LogP contribution in [0, 0.1) is 29.4 Å². The summed E-state index contributed by atoms with van der Waals surface area (Å²) in [6.07, 6.45) is -5.96. The number of pyridine rings is 1. The Hall–Kier alpha value is -5.14. The molecular formula is C36H29ClF7N7O2. The highest BCUT2D eigenvalue weighted by atomic mass is 35.5. The quantitative estimate of drug-likeness (QED) is 0.124. The van der Waals surface area contributed by atoms with Crippen molar-refractivity contribution in [3.63, 3.8) is 0 Å². The molecule has 53 heavy (non-hydrogen) atoms. The minimum atomic E-state index is -5.18. The van der Waals surface area contributed by atoms with Crippen molar-refractivity contribution in [2.24, 2.45) is 18.7 Å². The van der Waals surface area contributed by atoms with Crippen LogP contribution in [0.1, 0.15) is 72.0 Å². The second kappa shape index (κ2) is 12.2. The van der Waals surface area contributed by atoms with Crippen molar-refractivity contribution in [2.45, 2.75) is 62.3 Å². The van der Waals surface area contributed by atoms with Crippen molar-refractivity contribution < 1.29 is 40.6 Å². The third kappa shape index (κ3) is 6.25. The van der Waals surface area contributed by atoms with Gasteiger partial charge in [-0.25, -0.2) is 18.4 Å². The topological polar surface area (TPSA) is 138 Å². The molecule has 0 spiro atoms. The molecule has 2 aliphatic rings. The number of nitrogens with zero attached hydrogens (tertiary/aromatic N) is 5. The fourth-order valence-electron chi connectivity index (χ4n) is 7.36. The van der Waals surface area contributed by atoms with Crippen LogP contribution in [0.2, 0.25) is 5.02 Å². The van der Waals surface area contributed by atoms with E-state index in [2.05, 4.69) is 27.0 Å². The standard InChI is InChI=1S/C36H29ClF7N7O2/c1-34(2,53)9-8-18-4-5-19(20-6-7-24(37)26-28(20)50(3)49-32(26)45)27(47-18)22(12-15-10-16(38)13-17(39)11-15)29(33(46)52)51-31-25(30(48-51)36(42,43)44)21-14-23(21)35(31,40)41/h4-7,10-11,13,21-23,29,53H,12,14H2,1-3H3,(H2,45,49)(H2,46,52)/t21-,22+,23+,29?/m0/s1. The van der Waals surface area contributed by atoms with E-state index in [1.807, 2.05) is 0 Å². The van der Waals surface area contributed by atoms with Crippen molar-refractivity contribution in [1.82, 2.24) is 24.5 Å². The first-order chi connectivity index (χ1) is 24.7. The zero-order valence-electron chi connectivity index (χ0n) is 28.0. The maximum Gasteiger partial charge on any atom is 0.435 e. The number of halogens is 8. The highest BCUT2D eigenvalue weighted by molar-refractivity contribution is 6.37. The molecule has 2 aliphatic carbocycles. The average molecular weight is 760 g/mol. The second-order valence-corrected chi connectivity index (χ2v) is 14.2. The molecule has 276 valence electrons. The summed E-state index contributed by atoms with van der Waals surface area (Å²) in [5, 5.41) is 18.7. The Morgan fingerprint density at radius 3 is 2.38 bits per heavy atom. The number of alkyl halides is 5. The molecule has 0 aliphatic heterocycles. The van der Waals surface area contributed by atoms with Gasteiger partial charge in [-0.15, -0.1) is 0 Å². The molecule has 5 N–H and O–H groups in total. The summed E-state index contributed by atoms with van der Waals surface area (Å²) in [6, 6.07) is 6.30. The molecule has 3 heterocycles. The van der Waals surface area contributed by atoms with E-state index in [0.29, 0.717) is 27.2 Å². The van der Waals surface area contributed by atoms with Gasteiger partial charge in [0.15, 0.2) is 11.5 Å². The van der Waals surface area contributed by atoms with Gasteiger partial charge in [-0.05, 0) is 74.4 Å². The molecule has 9 nitrogen and oxygen atoms in total. The molecule has 2 aromatic carbocycles. The van der Waals surface area contributed by atoms with Crippen molar-refractivity contribution in [1.29, 1.82) is 0 Å². The molecular weight excluding hydrogens is 731 g/mol. The Morgan fingerprint density at radius 2 is 1.75 bits per heavy atom. The summed E-state index contributed by atoms with van der Waals surface area (Å²) >= 11 is 6.49. The lowest BCUT2D eigenvalue weighted by molar-refractivity contribution is -0.142. The number of benzene rings is 2. The van der Waals surface area contributed by atoms with Crippen molar-refractivity contribution in [3.05, 3.63) is 93.0 Å².